The van der Waals surface area contributed by atoms with Crippen molar-refractivity contribution < 1.29 is 8.95 Å². The first-order valence-corrected chi connectivity index (χ1v) is 10.3. The molecule has 8 heteroatoms. The molecule has 0 radical (unpaired) electrons. The Morgan fingerprint density at radius 2 is 1.55 bits per heavy atom. The van der Waals surface area contributed by atoms with Crippen LogP contribution in [0.4, 0.5) is 17.3 Å². The van der Waals surface area contributed by atoms with Crippen molar-refractivity contribution in [3.63, 3.8) is 0 Å². The van der Waals surface area contributed by atoms with E-state index in [1.807, 2.05) is 42.5 Å². The highest BCUT2D eigenvalue weighted by atomic mass is 35.5. The predicted molar refractivity (Wildman–Crippen MR) is 117 cm³/mol. The number of hydrogen-bond donors (Lipinski definition) is 2. The number of benzene rings is 3. The second-order valence-electron chi connectivity index (χ2n) is 6.07. The first-order valence-electron chi connectivity index (χ1n) is 8.75. The van der Waals surface area contributed by atoms with Crippen LogP contribution in [0.2, 0.25) is 5.02 Å². The van der Waals surface area contributed by atoms with Gasteiger partial charge >= 0.3 is 0 Å². The first-order chi connectivity index (χ1) is 14.1. The highest BCUT2D eigenvalue weighted by Gasteiger charge is 2.13. The van der Waals surface area contributed by atoms with Crippen molar-refractivity contribution >= 4 is 50.9 Å². The second-order valence-corrected chi connectivity index (χ2v) is 7.69. The van der Waals surface area contributed by atoms with E-state index in [9.17, 15) is 4.21 Å². The van der Waals surface area contributed by atoms with Crippen LogP contribution in [0, 0.1) is 0 Å². The van der Waals surface area contributed by atoms with Gasteiger partial charge in [-0.2, -0.15) is 0 Å². The molecule has 4 rings (SSSR count). The Morgan fingerprint density at radius 3 is 2.24 bits per heavy atom. The molecule has 0 spiro atoms. The van der Waals surface area contributed by atoms with Crippen LogP contribution in [0.5, 0.6) is 5.75 Å². The summed E-state index contributed by atoms with van der Waals surface area (Å²) in [7, 11) is 0.0589. The lowest BCUT2D eigenvalue weighted by atomic mass is 10.3. The normalized spacial score (nSPS) is 11.8. The number of halogens is 1. The molecule has 29 heavy (non-hydrogen) atoms. The third-order valence-electron chi connectivity index (χ3n) is 4.13. The van der Waals surface area contributed by atoms with Gasteiger partial charge in [-0.25, -0.2) is 14.2 Å². The fraction of sp³-hybridized carbons (Fsp3) is 0.0476. The van der Waals surface area contributed by atoms with Crippen molar-refractivity contribution in [1.29, 1.82) is 0 Å². The van der Waals surface area contributed by atoms with Crippen molar-refractivity contribution in [2.24, 2.45) is 0 Å². The van der Waals surface area contributed by atoms with E-state index in [0.717, 1.165) is 0 Å². The van der Waals surface area contributed by atoms with Gasteiger partial charge in [-0.05, 0) is 36.4 Å². The molecule has 1 heterocycles. The lowest BCUT2D eigenvalue weighted by molar-refractivity contribution is 0.415. The number of methoxy groups -OCH3 is 1. The van der Waals surface area contributed by atoms with Crippen LogP contribution in [0.3, 0.4) is 0 Å². The van der Waals surface area contributed by atoms with E-state index >= 15 is 0 Å². The van der Waals surface area contributed by atoms with E-state index in [4.69, 9.17) is 16.3 Å². The standard InChI is InChI=1S/C21H17ClN4O2S/c1-28-19-13-14(11-12-16(19)22)23-20-21(25-18-10-6-5-9-17(18)24-20)26-29(27)15-7-3-2-4-8-15/h2-13H,1H3,(H,23,24)(H,25,26). The highest BCUT2D eigenvalue weighted by Crippen LogP contribution is 2.31. The molecule has 1 aromatic heterocycles. The summed E-state index contributed by atoms with van der Waals surface area (Å²) in [6.45, 7) is 0. The minimum Gasteiger partial charge on any atom is -0.495 e. The summed E-state index contributed by atoms with van der Waals surface area (Å²) < 4.78 is 21.0. The fourth-order valence-electron chi connectivity index (χ4n) is 2.72. The van der Waals surface area contributed by atoms with Gasteiger partial charge in [0.05, 0.1) is 28.1 Å². The van der Waals surface area contributed by atoms with Crippen molar-refractivity contribution in [3.05, 3.63) is 77.8 Å². The van der Waals surface area contributed by atoms with Crippen LogP contribution < -0.4 is 14.8 Å². The number of nitrogens with zero attached hydrogens (tertiary/aromatic N) is 2. The molecule has 2 N–H and O–H groups in total. The van der Waals surface area contributed by atoms with Gasteiger partial charge in [-0.15, -0.1) is 0 Å². The molecule has 3 aromatic carbocycles. The van der Waals surface area contributed by atoms with Gasteiger partial charge in [-0.1, -0.05) is 41.9 Å². The Morgan fingerprint density at radius 1 is 0.897 bits per heavy atom. The third kappa shape index (κ3) is 4.31. The summed E-state index contributed by atoms with van der Waals surface area (Å²) in [5.41, 5.74) is 2.12. The molecule has 6 nitrogen and oxygen atoms in total. The van der Waals surface area contributed by atoms with Gasteiger partial charge in [0.15, 0.2) is 22.6 Å². The van der Waals surface area contributed by atoms with Crippen LogP contribution in [0.25, 0.3) is 11.0 Å². The van der Waals surface area contributed by atoms with E-state index in [2.05, 4.69) is 20.0 Å². The SMILES string of the molecule is COc1cc(Nc2nc3ccccc3nc2NS(=O)c2ccccc2)ccc1Cl. The van der Waals surface area contributed by atoms with Crippen molar-refractivity contribution in [2.45, 2.75) is 4.90 Å². The molecule has 0 fully saturated rings. The lowest BCUT2D eigenvalue weighted by Crippen LogP contribution is -2.10. The molecule has 0 aliphatic carbocycles. The maximum atomic E-state index is 12.8. The minimum atomic E-state index is -1.49. The van der Waals surface area contributed by atoms with Gasteiger partial charge in [0.2, 0.25) is 0 Å². The number of fused-ring (bicyclic) bond motifs is 1. The van der Waals surface area contributed by atoms with Gasteiger partial charge in [0.1, 0.15) is 5.75 Å². The van der Waals surface area contributed by atoms with Gasteiger partial charge in [0.25, 0.3) is 0 Å². The molecule has 1 unspecified atom stereocenters. The smallest absolute Gasteiger partial charge is 0.182 e. The third-order valence-corrected chi connectivity index (χ3v) is 5.52. The van der Waals surface area contributed by atoms with E-state index in [1.165, 1.54) is 0 Å². The van der Waals surface area contributed by atoms with E-state index in [-0.39, 0.29) is 0 Å². The van der Waals surface area contributed by atoms with Crippen LogP contribution in [-0.2, 0) is 11.0 Å². The van der Waals surface area contributed by atoms with E-state index in [1.54, 1.807) is 37.4 Å². The summed E-state index contributed by atoms with van der Waals surface area (Å²) >= 11 is 6.11. The number of rotatable bonds is 6. The Hall–Kier alpha value is -3.16. The second kappa shape index (κ2) is 8.46. The molecule has 0 aliphatic rings. The van der Waals surface area contributed by atoms with Gasteiger partial charge in [0, 0.05) is 11.8 Å². The quantitative estimate of drug-likeness (QED) is 0.446. The Balaban J connectivity index is 1.73. The summed E-state index contributed by atoms with van der Waals surface area (Å²) in [5, 5.41) is 3.72. The maximum Gasteiger partial charge on any atom is 0.182 e. The molecule has 1 atom stereocenters. The molecular formula is C21H17ClN4O2S. The Kier molecular flexibility index (Phi) is 5.59. The van der Waals surface area contributed by atoms with Crippen molar-refractivity contribution in [1.82, 2.24) is 9.97 Å². The van der Waals surface area contributed by atoms with Gasteiger partial charge < -0.3 is 10.1 Å². The summed E-state index contributed by atoms with van der Waals surface area (Å²) in [5.74, 6) is 1.35. The minimum absolute atomic E-state index is 0.375. The van der Waals surface area contributed by atoms with Crippen LogP contribution in [0.15, 0.2) is 77.7 Å². The zero-order valence-electron chi connectivity index (χ0n) is 15.4. The molecule has 0 amide bonds. The zero-order valence-corrected chi connectivity index (χ0v) is 17.0. The number of anilines is 3. The highest BCUT2D eigenvalue weighted by molar-refractivity contribution is 7.86. The monoisotopic (exact) mass is 424 g/mol. The van der Waals surface area contributed by atoms with Gasteiger partial charge in [-0.3, -0.25) is 4.72 Å². The molecule has 146 valence electrons. The number of aromatic nitrogens is 2. The lowest BCUT2D eigenvalue weighted by Gasteiger charge is -2.14. The summed E-state index contributed by atoms with van der Waals surface area (Å²) in [6, 6.07) is 21.9. The largest absolute Gasteiger partial charge is 0.495 e. The number of hydrogen-bond acceptors (Lipinski definition) is 5. The Labute approximate surface area is 175 Å². The molecule has 0 saturated carbocycles. The fourth-order valence-corrected chi connectivity index (χ4v) is 3.76. The molecule has 4 aromatic rings. The number of para-hydroxylation sites is 2. The van der Waals surface area contributed by atoms with E-state index < -0.39 is 11.0 Å². The zero-order chi connectivity index (χ0) is 20.2. The summed E-state index contributed by atoms with van der Waals surface area (Å²) in [6.07, 6.45) is 0. The van der Waals surface area contributed by atoms with Crippen LogP contribution in [-0.4, -0.2) is 21.3 Å². The molecular weight excluding hydrogens is 408 g/mol. The molecule has 0 aliphatic heterocycles. The average Bonchev–Trinajstić information content (AvgIpc) is 2.76. The number of nitrogens with one attached hydrogen (secondary N) is 2. The number of ether oxygens (including phenoxy) is 1. The first kappa shape index (κ1) is 19.2. The van der Waals surface area contributed by atoms with Crippen LogP contribution >= 0.6 is 11.6 Å². The average molecular weight is 425 g/mol. The Bertz CT molecular complexity index is 1190. The summed E-state index contributed by atoms with van der Waals surface area (Å²) in [4.78, 5) is 9.90. The topological polar surface area (TPSA) is 76.1 Å². The van der Waals surface area contributed by atoms with Crippen LogP contribution in [0.1, 0.15) is 0 Å². The van der Waals surface area contributed by atoms with E-state index in [0.29, 0.717) is 44.0 Å². The van der Waals surface area contributed by atoms with Crippen molar-refractivity contribution in [3.8, 4) is 5.75 Å². The molecule has 0 bridgehead atoms. The molecule has 0 saturated heterocycles. The maximum absolute atomic E-state index is 12.8. The van der Waals surface area contributed by atoms with Crippen molar-refractivity contribution in [2.75, 3.05) is 17.1 Å². The predicted octanol–water partition coefficient (Wildman–Crippen LogP) is 5.17.